The van der Waals surface area contributed by atoms with Crippen LogP contribution in [-0.4, -0.2) is 11.7 Å². The predicted octanol–water partition coefficient (Wildman–Crippen LogP) is 3.53. The van der Waals surface area contributed by atoms with Gasteiger partial charge in [-0.25, -0.2) is 0 Å². The van der Waals surface area contributed by atoms with Crippen molar-refractivity contribution in [2.75, 3.05) is 11.9 Å². The summed E-state index contributed by atoms with van der Waals surface area (Å²) in [7, 11) is 0. The summed E-state index contributed by atoms with van der Waals surface area (Å²) in [5.74, 6) is 0. The van der Waals surface area contributed by atoms with E-state index in [-0.39, 0.29) is 6.61 Å². The number of halogens is 1. The van der Waals surface area contributed by atoms with E-state index in [9.17, 15) is 10.4 Å². The van der Waals surface area contributed by atoms with E-state index >= 15 is 0 Å². The van der Waals surface area contributed by atoms with E-state index in [0.717, 1.165) is 5.56 Å². The van der Waals surface area contributed by atoms with Gasteiger partial charge in [-0.05, 0) is 30.7 Å². The summed E-state index contributed by atoms with van der Waals surface area (Å²) in [6.07, 6.45) is 0. The van der Waals surface area contributed by atoms with Crippen LogP contribution in [0.5, 0.6) is 0 Å². The molecule has 2 aromatic rings. The molecule has 0 heterocycles. The molecule has 2 N–H and O–H groups in total. The number of nitrogens with zero attached hydrogens (tertiary/aromatic N) is 1. The molecule has 1 atom stereocenters. The Morgan fingerprint density at radius 3 is 2.55 bits per heavy atom. The summed E-state index contributed by atoms with van der Waals surface area (Å²) < 4.78 is 0. The summed E-state index contributed by atoms with van der Waals surface area (Å²) in [4.78, 5) is 0. The van der Waals surface area contributed by atoms with Gasteiger partial charge in [0.1, 0.15) is 6.07 Å². The number of hydrogen-bond donors (Lipinski definition) is 2. The average molecular weight is 287 g/mol. The fourth-order valence-electron chi connectivity index (χ4n) is 2.02. The maximum absolute atomic E-state index is 9.75. The second kappa shape index (κ2) is 5.96. The zero-order valence-corrected chi connectivity index (χ0v) is 11.9. The van der Waals surface area contributed by atoms with Crippen LogP contribution in [0.1, 0.15) is 18.1 Å². The van der Waals surface area contributed by atoms with Gasteiger partial charge in [-0.1, -0.05) is 41.9 Å². The van der Waals surface area contributed by atoms with Gasteiger partial charge in [-0.2, -0.15) is 5.26 Å². The fourth-order valence-corrected chi connectivity index (χ4v) is 2.20. The number of aliphatic hydroxyl groups is 1. The van der Waals surface area contributed by atoms with Crippen LogP contribution in [-0.2, 0) is 5.54 Å². The predicted molar refractivity (Wildman–Crippen MR) is 80.7 cm³/mol. The first-order valence-corrected chi connectivity index (χ1v) is 6.61. The lowest BCUT2D eigenvalue weighted by Gasteiger charge is -2.31. The summed E-state index contributed by atoms with van der Waals surface area (Å²) in [5.41, 5.74) is 1.38. The van der Waals surface area contributed by atoms with E-state index in [2.05, 4.69) is 11.4 Å². The van der Waals surface area contributed by atoms with Gasteiger partial charge in [-0.3, -0.25) is 0 Å². The van der Waals surface area contributed by atoms with Crippen molar-refractivity contribution in [3.05, 3.63) is 64.7 Å². The SMILES string of the molecule is CC(CO)(Nc1ccc(Cl)cc1C#N)c1ccccc1. The number of aliphatic hydroxyl groups excluding tert-OH is 1. The summed E-state index contributed by atoms with van der Waals surface area (Å²) in [6.45, 7) is 1.79. The number of nitriles is 1. The molecule has 1 unspecified atom stereocenters. The molecule has 4 heteroatoms. The highest BCUT2D eigenvalue weighted by Crippen LogP contribution is 2.28. The number of rotatable bonds is 4. The van der Waals surface area contributed by atoms with E-state index in [4.69, 9.17) is 11.6 Å². The quantitative estimate of drug-likeness (QED) is 0.904. The smallest absolute Gasteiger partial charge is 0.101 e. The molecule has 0 saturated heterocycles. The zero-order valence-electron chi connectivity index (χ0n) is 11.1. The Balaban J connectivity index is 2.39. The molecule has 0 fully saturated rings. The largest absolute Gasteiger partial charge is 0.394 e. The maximum Gasteiger partial charge on any atom is 0.101 e. The highest BCUT2D eigenvalue weighted by Gasteiger charge is 2.26. The molecular weight excluding hydrogens is 272 g/mol. The maximum atomic E-state index is 9.75. The molecule has 0 spiro atoms. The molecule has 2 rings (SSSR count). The van der Waals surface area contributed by atoms with E-state index in [0.29, 0.717) is 16.3 Å². The fraction of sp³-hybridized carbons (Fsp3) is 0.188. The Kier molecular flexibility index (Phi) is 4.29. The summed E-state index contributed by atoms with van der Waals surface area (Å²) in [5, 5.41) is 22.7. The third-order valence-corrected chi connectivity index (χ3v) is 3.47. The van der Waals surface area contributed by atoms with Crippen LogP contribution in [0.2, 0.25) is 5.02 Å². The first-order valence-electron chi connectivity index (χ1n) is 6.23. The summed E-state index contributed by atoms with van der Waals surface area (Å²) >= 11 is 5.89. The third-order valence-electron chi connectivity index (χ3n) is 3.24. The number of benzene rings is 2. The van der Waals surface area contributed by atoms with Crippen LogP contribution < -0.4 is 5.32 Å². The van der Waals surface area contributed by atoms with Gasteiger partial charge in [0.25, 0.3) is 0 Å². The van der Waals surface area contributed by atoms with Gasteiger partial charge >= 0.3 is 0 Å². The summed E-state index contributed by atoms with van der Waals surface area (Å²) in [6, 6.07) is 16.8. The van der Waals surface area contributed by atoms with Gasteiger partial charge in [0.05, 0.1) is 23.4 Å². The van der Waals surface area contributed by atoms with Crippen molar-refractivity contribution in [3.8, 4) is 6.07 Å². The Morgan fingerprint density at radius 1 is 1.25 bits per heavy atom. The number of nitrogens with one attached hydrogen (secondary N) is 1. The Bertz CT molecular complexity index is 637. The second-order valence-corrected chi connectivity index (χ2v) is 5.22. The lowest BCUT2D eigenvalue weighted by atomic mass is 9.92. The minimum atomic E-state index is -0.666. The molecule has 0 aromatic heterocycles. The van der Waals surface area contributed by atoms with Crippen LogP contribution in [0, 0.1) is 11.3 Å². The normalized spacial score (nSPS) is 13.3. The van der Waals surface area contributed by atoms with E-state index < -0.39 is 5.54 Å². The minimum Gasteiger partial charge on any atom is -0.394 e. The van der Waals surface area contributed by atoms with Crippen LogP contribution in [0.25, 0.3) is 0 Å². The molecule has 0 aliphatic rings. The van der Waals surface area contributed by atoms with Crippen molar-refractivity contribution in [2.24, 2.45) is 0 Å². The zero-order chi connectivity index (χ0) is 14.6. The van der Waals surface area contributed by atoms with Crippen LogP contribution in [0.4, 0.5) is 5.69 Å². The Labute approximate surface area is 123 Å². The molecule has 102 valence electrons. The van der Waals surface area contributed by atoms with E-state index in [1.54, 1.807) is 18.2 Å². The monoisotopic (exact) mass is 286 g/mol. The van der Waals surface area contributed by atoms with E-state index in [1.807, 2.05) is 37.3 Å². The average Bonchev–Trinajstić information content (AvgIpc) is 2.49. The molecule has 0 aliphatic heterocycles. The van der Waals surface area contributed by atoms with Crippen LogP contribution >= 0.6 is 11.6 Å². The standard InChI is InChI=1S/C16H15ClN2O/c1-16(11-20,13-5-3-2-4-6-13)19-15-8-7-14(17)9-12(15)10-18/h2-9,19-20H,11H2,1H3. The number of hydrogen-bond acceptors (Lipinski definition) is 3. The number of anilines is 1. The van der Waals surface area contributed by atoms with Crippen molar-refractivity contribution >= 4 is 17.3 Å². The van der Waals surface area contributed by atoms with Crippen LogP contribution in [0.3, 0.4) is 0 Å². The molecule has 0 radical (unpaired) electrons. The molecule has 0 bridgehead atoms. The lowest BCUT2D eigenvalue weighted by Crippen LogP contribution is -2.36. The van der Waals surface area contributed by atoms with Gasteiger partial charge in [0.15, 0.2) is 0 Å². The molecule has 0 aliphatic carbocycles. The van der Waals surface area contributed by atoms with Crippen molar-refractivity contribution in [1.82, 2.24) is 0 Å². The van der Waals surface area contributed by atoms with Crippen molar-refractivity contribution in [1.29, 1.82) is 5.26 Å². The molecule has 20 heavy (non-hydrogen) atoms. The van der Waals surface area contributed by atoms with Gasteiger partial charge in [0, 0.05) is 5.02 Å². The molecule has 0 saturated carbocycles. The van der Waals surface area contributed by atoms with Crippen molar-refractivity contribution in [2.45, 2.75) is 12.5 Å². The van der Waals surface area contributed by atoms with Gasteiger partial charge in [0.2, 0.25) is 0 Å². The Morgan fingerprint density at radius 2 is 1.95 bits per heavy atom. The third kappa shape index (κ3) is 2.93. The van der Waals surface area contributed by atoms with Crippen LogP contribution in [0.15, 0.2) is 48.5 Å². The molecule has 0 amide bonds. The second-order valence-electron chi connectivity index (χ2n) is 4.78. The molecule has 3 nitrogen and oxygen atoms in total. The molecule has 2 aromatic carbocycles. The molecular formula is C16H15ClN2O. The van der Waals surface area contributed by atoms with Gasteiger partial charge < -0.3 is 10.4 Å². The van der Waals surface area contributed by atoms with Crippen molar-refractivity contribution in [3.63, 3.8) is 0 Å². The minimum absolute atomic E-state index is 0.0927. The topological polar surface area (TPSA) is 56.0 Å². The van der Waals surface area contributed by atoms with Gasteiger partial charge in [-0.15, -0.1) is 0 Å². The highest BCUT2D eigenvalue weighted by atomic mass is 35.5. The Hall–Kier alpha value is -2.02. The lowest BCUT2D eigenvalue weighted by molar-refractivity contribution is 0.224. The van der Waals surface area contributed by atoms with E-state index in [1.165, 1.54) is 0 Å². The van der Waals surface area contributed by atoms with Crippen molar-refractivity contribution < 1.29 is 5.11 Å². The first kappa shape index (κ1) is 14.4. The first-order chi connectivity index (χ1) is 9.59. The highest BCUT2D eigenvalue weighted by molar-refractivity contribution is 6.30.